The van der Waals surface area contributed by atoms with Gasteiger partial charge in [-0.25, -0.2) is 19.7 Å². The normalized spacial score (nSPS) is 20.7. The molecule has 1 aliphatic rings. The Labute approximate surface area is 212 Å². The highest BCUT2D eigenvalue weighted by Crippen LogP contribution is 2.51. The Morgan fingerprint density at radius 2 is 1.83 bits per heavy atom. The van der Waals surface area contributed by atoms with Crippen LogP contribution in [0.25, 0.3) is 11.2 Å². The Kier molecular flexibility index (Phi) is 7.53. The molecule has 0 bridgehead atoms. The van der Waals surface area contributed by atoms with Crippen LogP contribution in [0.1, 0.15) is 50.4 Å². The summed E-state index contributed by atoms with van der Waals surface area (Å²) in [6.07, 6.45) is 2.22. The van der Waals surface area contributed by atoms with E-state index in [9.17, 15) is 14.4 Å². The average molecular weight is 515 g/mol. The van der Waals surface area contributed by atoms with Gasteiger partial charge in [0.1, 0.15) is 24.1 Å². The summed E-state index contributed by atoms with van der Waals surface area (Å²) >= 11 is 6.14. The SMILES string of the molecule is CC[C@]1(C(OC(C)=O)[C@@H](Cn2cnc3c(Cl)ncnc32)OC(C)=O)CC[C@H]1OC(=O)c1ccccc1. The largest absolute Gasteiger partial charge is 0.458 e. The molecule has 0 spiro atoms. The second-order valence-corrected chi connectivity index (χ2v) is 9.15. The number of fused-ring (bicyclic) bond motifs is 1. The van der Waals surface area contributed by atoms with E-state index in [4.69, 9.17) is 25.8 Å². The third-order valence-electron chi connectivity index (χ3n) is 6.68. The first-order chi connectivity index (χ1) is 17.2. The Hall–Kier alpha value is -3.53. The first-order valence-corrected chi connectivity index (χ1v) is 12.0. The fraction of sp³-hybridized carbons (Fsp3) is 0.440. The molecule has 2 heterocycles. The number of nitrogens with zero attached hydrogens (tertiary/aromatic N) is 4. The molecule has 0 amide bonds. The van der Waals surface area contributed by atoms with Gasteiger partial charge < -0.3 is 18.8 Å². The molecule has 0 aliphatic heterocycles. The van der Waals surface area contributed by atoms with Crippen LogP contribution >= 0.6 is 11.6 Å². The van der Waals surface area contributed by atoms with E-state index in [2.05, 4.69) is 15.0 Å². The lowest BCUT2D eigenvalue weighted by atomic mass is 9.59. The van der Waals surface area contributed by atoms with Gasteiger partial charge in [0.25, 0.3) is 0 Å². The molecule has 1 unspecified atom stereocenters. The van der Waals surface area contributed by atoms with Gasteiger partial charge in [-0.05, 0) is 31.4 Å². The molecule has 1 saturated carbocycles. The summed E-state index contributed by atoms with van der Waals surface area (Å²) in [5.74, 6) is -1.54. The number of rotatable bonds is 9. The van der Waals surface area contributed by atoms with Crippen molar-refractivity contribution >= 4 is 40.7 Å². The zero-order valence-corrected chi connectivity index (χ0v) is 21.0. The van der Waals surface area contributed by atoms with Crippen LogP contribution in [0.5, 0.6) is 0 Å². The molecule has 0 radical (unpaired) electrons. The van der Waals surface area contributed by atoms with Crippen LogP contribution in [0, 0.1) is 5.41 Å². The zero-order chi connectivity index (χ0) is 25.9. The molecule has 4 atom stereocenters. The van der Waals surface area contributed by atoms with Crippen LogP contribution in [-0.4, -0.2) is 55.7 Å². The predicted octanol–water partition coefficient (Wildman–Crippen LogP) is 3.76. The number of imidazole rings is 1. The standard InChI is InChI=1S/C25H27ClN4O6/c1-4-25(11-10-19(25)36-24(33)17-8-6-5-7-9-17)21(35-16(3)32)18(34-15(2)31)12-30-14-29-20-22(26)27-13-28-23(20)30/h5-9,13-14,18-19,21H,4,10-12H2,1-3H3/t18-,19-,21?,25+/m1/s1. The summed E-state index contributed by atoms with van der Waals surface area (Å²) in [6, 6.07) is 8.69. The van der Waals surface area contributed by atoms with Crippen LogP contribution in [0.3, 0.4) is 0 Å². The summed E-state index contributed by atoms with van der Waals surface area (Å²) in [6.45, 7) is 4.60. The van der Waals surface area contributed by atoms with Gasteiger partial charge in [0, 0.05) is 19.3 Å². The highest BCUT2D eigenvalue weighted by molar-refractivity contribution is 6.33. The molecule has 1 fully saturated rings. The van der Waals surface area contributed by atoms with Crippen LogP contribution in [0.4, 0.5) is 0 Å². The number of benzene rings is 1. The van der Waals surface area contributed by atoms with Crippen LogP contribution in [0.15, 0.2) is 43.0 Å². The number of ether oxygens (including phenoxy) is 3. The maximum atomic E-state index is 12.8. The molecule has 10 nitrogen and oxygen atoms in total. The van der Waals surface area contributed by atoms with Crippen molar-refractivity contribution in [3.63, 3.8) is 0 Å². The van der Waals surface area contributed by atoms with Gasteiger partial charge in [0.15, 0.2) is 16.9 Å². The van der Waals surface area contributed by atoms with Crippen molar-refractivity contribution in [1.82, 2.24) is 19.5 Å². The average Bonchev–Trinajstić information content (AvgIpc) is 3.25. The molecule has 3 aromatic rings. The summed E-state index contributed by atoms with van der Waals surface area (Å²) < 4.78 is 19.1. The maximum Gasteiger partial charge on any atom is 0.338 e. The van der Waals surface area contributed by atoms with E-state index in [-0.39, 0.29) is 11.7 Å². The molecule has 190 valence electrons. The van der Waals surface area contributed by atoms with E-state index < -0.39 is 41.6 Å². The lowest BCUT2D eigenvalue weighted by Crippen LogP contribution is -2.60. The monoisotopic (exact) mass is 514 g/mol. The minimum absolute atomic E-state index is 0.0858. The molecule has 2 aromatic heterocycles. The van der Waals surface area contributed by atoms with Crippen molar-refractivity contribution in [2.75, 3.05) is 0 Å². The predicted molar refractivity (Wildman–Crippen MR) is 129 cm³/mol. The van der Waals surface area contributed by atoms with Crippen LogP contribution < -0.4 is 0 Å². The number of hydrogen-bond donors (Lipinski definition) is 0. The van der Waals surface area contributed by atoms with Crippen LogP contribution in [-0.2, 0) is 30.3 Å². The number of hydrogen-bond acceptors (Lipinski definition) is 9. The fourth-order valence-electron chi connectivity index (χ4n) is 4.84. The van der Waals surface area contributed by atoms with Gasteiger partial charge >= 0.3 is 17.9 Å². The van der Waals surface area contributed by atoms with Gasteiger partial charge in [-0.1, -0.05) is 36.7 Å². The Bertz CT molecular complexity index is 1260. The van der Waals surface area contributed by atoms with Crippen molar-refractivity contribution in [3.8, 4) is 0 Å². The third kappa shape index (κ3) is 5.04. The topological polar surface area (TPSA) is 123 Å². The Balaban J connectivity index is 1.67. The van der Waals surface area contributed by atoms with E-state index in [0.717, 1.165) is 0 Å². The molecule has 0 saturated heterocycles. The van der Waals surface area contributed by atoms with Gasteiger partial charge in [0.2, 0.25) is 0 Å². The minimum Gasteiger partial charge on any atom is -0.458 e. The quantitative estimate of drug-likeness (QED) is 0.238. The van der Waals surface area contributed by atoms with E-state index in [1.807, 2.05) is 13.0 Å². The van der Waals surface area contributed by atoms with Gasteiger partial charge in [-0.3, -0.25) is 9.59 Å². The molecule has 1 aliphatic carbocycles. The molecule has 1 aromatic carbocycles. The second-order valence-electron chi connectivity index (χ2n) is 8.80. The van der Waals surface area contributed by atoms with Crippen molar-refractivity contribution in [3.05, 3.63) is 53.7 Å². The molecular formula is C25H27ClN4O6. The van der Waals surface area contributed by atoms with Crippen LogP contribution in [0.2, 0.25) is 5.15 Å². The minimum atomic E-state index is -0.907. The fourth-order valence-corrected chi connectivity index (χ4v) is 5.02. The zero-order valence-electron chi connectivity index (χ0n) is 20.2. The van der Waals surface area contributed by atoms with E-state index >= 15 is 0 Å². The first-order valence-electron chi connectivity index (χ1n) is 11.7. The Morgan fingerprint density at radius 1 is 1.11 bits per heavy atom. The highest BCUT2D eigenvalue weighted by atomic mass is 35.5. The Morgan fingerprint density at radius 3 is 2.44 bits per heavy atom. The molecule has 4 rings (SSSR count). The van der Waals surface area contributed by atoms with E-state index in [0.29, 0.717) is 36.0 Å². The summed E-state index contributed by atoms with van der Waals surface area (Å²) in [7, 11) is 0. The lowest BCUT2D eigenvalue weighted by molar-refractivity contribution is -0.209. The maximum absolute atomic E-state index is 12.8. The van der Waals surface area contributed by atoms with Crippen molar-refractivity contribution in [1.29, 1.82) is 0 Å². The summed E-state index contributed by atoms with van der Waals surface area (Å²) in [5.41, 5.74) is 0.517. The molecule has 0 N–H and O–H groups in total. The molecule has 11 heteroatoms. The van der Waals surface area contributed by atoms with E-state index in [1.54, 1.807) is 28.8 Å². The van der Waals surface area contributed by atoms with Crippen molar-refractivity contribution in [2.45, 2.75) is 64.9 Å². The number of carbonyl (C=O) groups excluding carboxylic acids is 3. The van der Waals surface area contributed by atoms with E-state index in [1.165, 1.54) is 26.5 Å². The second kappa shape index (κ2) is 10.6. The molecular weight excluding hydrogens is 488 g/mol. The number of aromatic nitrogens is 4. The smallest absolute Gasteiger partial charge is 0.338 e. The van der Waals surface area contributed by atoms with Gasteiger partial charge in [0.05, 0.1) is 18.4 Å². The molecule has 36 heavy (non-hydrogen) atoms. The summed E-state index contributed by atoms with van der Waals surface area (Å²) in [5, 5.41) is 0.191. The first kappa shape index (κ1) is 25.6. The van der Waals surface area contributed by atoms with Crippen molar-refractivity contribution in [2.24, 2.45) is 5.41 Å². The lowest BCUT2D eigenvalue weighted by Gasteiger charge is -2.53. The van der Waals surface area contributed by atoms with Gasteiger partial charge in [-0.2, -0.15) is 0 Å². The number of esters is 3. The number of carbonyl (C=O) groups is 3. The third-order valence-corrected chi connectivity index (χ3v) is 6.95. The van der Waals surface area contributed by atoms with Gasteiger partial charge in [-0.15, -0.1) is 0 Å². The highest BCUT2D eigenvalue weighted by Gasteiger charge is 2.58. The number of halogens is 1. The summed E-state index contributed by atoms with van der Waals surface area (Å²) in [4.78, 5) is 49.6. The van der Waals surface area contributed by atoms with Crippen molar-refractivity contribution < 1.29 is 28.6 Å².